The maximum absolute atomic E-state index is 11.4. The van der Waals surface area contributed by atoms with Crippen molar-refractivity contribution >= 4 is 15.6 Å². The van der Waals surface area contributed by atoms with Crippen LogP contribution < -0.4 is 0 Å². The Balaban J connectivity index is 2.46. The molecule has 6 heteroatoms. The minimum Gasteiger partial charge on any atom is -0.294 e. The highest BCUT2D eigenvalue weighted by molar-refractivity contribution is 7.90. The lowest BCUT2D eigenvalue weighted by atomic mass is 10.2. The standard InChI is InChI=1S/C13H14N2O3S/c1-9-13(10(2)16)8-14-15(9)11-4-6-12(7-5-11)19(3,17)18/h4-8H,1-3H3. The van der Waals surface area contributed by atoms with Crippen LogP contribution in [0.1, 0.15) is 23.0 Å². The Morgan fingerprint density at radius 2 is 1.79 bits per heavy atom. The summed E-state index contributed by atoms with van der Waals surface area (Å²) in [5.41, 5.74) is 2.02. The first kappa shape index (κ1) is 13.5. The van der Waals surface area contributed by atoms with E-state index in [0.717, 1.165) is 17.6 Å². The lowest BCUT2D eigenvalue weighted by Crippen LogP contribution is -2.02. The third-order valence-electron chi connectivity index (χ3n) is 2.90. The van der Waals surface area contributed by atoms with Crippen molar-refractivity contribution in [3.05, 3.63) is 41.7 Å². The molecule has 0 bridgehead atoms. The second-order valence-corrected chi connectivity index (χ2v) is 6.39. The Morgan fingerprint density at radius 1 is 1.21 bits per heavy atom. The molecule has 0 saturated carbocycles. The number of Topliss-reactive ketones (excluding diaryl/α,β-unsaturated/α-hetero) is 1. The van der Waals surface area contributed by atoms with Crippen LogP contribution in [0.5, 0.6) is 0 Å². The maximum atomic E-state index is 11.4. The van der Waals surface area contributed by atoms with Crippen LogP contribution in [0.15, 0.2) is 35.4 Å². The molecule has 100 valence electrons. The SMILES string of the molecule is CC(=O)c1cnn(-c2ccc(S(C)(=O)=O)cc2)c1C. The van der Waals surface area contributed by atoms with Gasteiger partial charge in [0, 0.05) is 6.26 Å². The van der Waals surface area contributed by atoms with Crippen molar-refractivity contribution in [2.45, 2.75) is 18.7 Å². The minimum atomic E-state index is -3.20. The van der Waals surface area contributed by atoms with E-state index in [1.54, 1.807) is 23.7 Å². The maximum Gasteiger partial charge on any atom is 0.175 e. The number of aromatic nitrogens is 2. The van der Waals surface area contributed by atoms with Gasteiger partial charge in [-0.3, -0.25) is 4.79 Å². The van der Waals surface area contributed by atoms with E-state index in [4.69, 9.17) is 0 Å². The van der Waals surface area contributed by atoms with Gasteiger partial charge in [-0.2, -0.15) is 5.10 Å². The molecular weight excluding hydrogens is 264 g/mol. The van der Waals surface area contributed by atoms with Gasteiger partial charge in [-0.1, -0.05) is 0 Å². The van der Waals surface area contributed by atoms with Crippen molar-refractivity contribution in [3.8, 4) is 5.69 Å². The monoisotopic (exact) mass is 278 g/mol. The van der Waals surface area contributed by atoms with Crippen molar-refractivity contribution in [2.75, 3.05) is 6.26 Å². The number of hydrogen-bond donors (Lipinski definition) is 0. The molecule has 0 fully saturated rings. The largest absolute Gasteiger partial charge is 0.294 e. The van der Waals surface area contributed by atoms with Gasteiger partial charge >= 0.3 is 0 Å². The van der Waals surface area contributed by atoms with Crippen molar-refractivity contribution in [1.82, 2.24) is 9.78 Å². The molecule has 0 spiro atoms. The van der Waals surface area contributed by atoms with Crippen LogP contribution >= 0.6 is 0 Å². The van der Waals surface area contributed by atoms with Gasteiger partial charge in [0.25, 0.3) is 0 Å². The van der Waals surface area contributed by atoms with Gasteiger partial charge in [0.2, 0.25) is 0 Å². The minimum absolute atomic E-state index is 0.0449. The zero-order valence-corrected chi connectivity index (χ0v) is 11.7. The van der Waals surface area contributed by atoms with E-state index in [9.17, 15) is 13.2 Å². The highest BCUT2D eigenvalue weighted by atomic mass is 32.2. The Bertz CT molecular complexity index is 728. The van der Waals surface area contributed by atoms with E-state index < -0.39 is 9.84 Å². The molecule has 0 aliphatic carbocycles. The number of carbonyl (C=O) groups excluding carboxylic acids is 1. The third kappa shape index (κ3) is 2.58. The topological polar surface area (TPSA) is 69.0 Å². The van der Waals surface area contributed by atoms with Gasteiger partial charge in [0.15, 0.2) is 15.6 Å². The molecule has 2 aromatic rings. The molecule has 1 heterocycles. The van der Waals surface area contributed by atoms with E-state index in [-0.39, 0.29) is 10.7 Å². The highest BCUT2D eigenvalue weighted by Crippen LogP contribution is 2.17. The Kier molecular flexibility index (Phi) is 3.28. The molecule has 0 aliphatic heterocycles. The number of benzene rings is 1. The molecule has 0 unspecified atom stereocenters. The first-order valence-electron chi connectivity index (χ1n) is 5.67. The number of hydrogen-bond acceptors (Lipinski definition) is 4. The fourth-order valence-corrected chi connectivity index (χ4v) is 2.48. The summed E-state index contributed by atoms with van der Waals surface area (Å²) in [6, 6.07) is 6.39. The van der Waals surface area contributed by atoms with Gasteiger partial charge in [-0.05, 0) is 38.1 Å². The number of nitrogens with zero attached hydrogens (tertiary/aromatic N) is 2. The average molecular weight is 278 g/mol. The van der Waals surface area contributed by atoms with Gasteiger partial charge in [0.1, 0.15) is 0 Å². The smallest absolute Gasteiger partial charge is 0.175 e. The van der Waals surface area contributed by atoms with E-state index in [1.807, 2.05) is 0 Å². The number of carbonyl (C=O) groups is 1. The summed E-state index contributed by atoms with van der Waals surface area (Å²) in [6.45, 7) is 3.29. The summed E-state index contributed by atoms with van der Waals surface area (Å²) in [7, 11) is -3.20. The first-order chi connectivity index (χ1) is 8.80. The fourth-order valence-electron chi connectivity index (χ4n) is 1.85. The molecule has 0 saturated heterocycles. The second-order valence-electron chi connectivity index (χ2n) is 4.38. The van der Waals surface area contributed by atoms with Crippen LogP contribution in [-0.4, -0.2) is 30.2 Å². The normalized spacial score (nSPS) is 11.5. The summed E-state index contributed by atoms with van der Waals surface area (Å²) in [4.78, 5) is 11.6. The quantitative estimate of drug-likeness (QED) is 0.803. The van der Waals surface area contributed by atoms with E-state index in [2.05, 4.69) is 5.10 Å². The van der Waals surface area contributed by atoms with E-state index >= 15 is 0 Å². The first-order valence-corrected chi connectivity index (χ1v) is 7.56. The molecule has 1 aromatic heterocycles. The van der Waals surface area contributed by atoms with Crippen LogP contribution in [0.25, 0.3) is 5.69 Å². The molecule has 0 aliphatic rings. The summed E-state index contributed by atoms with van der Waals surface area (Å²) in [6.07, 6.45) is 2.68. The average Bonchev–Trinajstić information content (AvgIpc) is 2.70. The molecular formula is C13H14N2O3S. The molecule has 1 aromatic carbocycles. The molecule has 2 rings (SSSR count). The van der Waals surface area contributed by atoms with Gasteiger partial charge < -0.3 is 0 Å². The second kappa shape index (κ2) is 4.62. The summed E-state index contributed by atoms with van der Waals surface area (Å²) in [5.74, 6) is -0.0449. The fraction of sp³-hybridized carbons (Fsp3) is 0.231. The zero-order chi connectivity index (χ0) is 14.2. The van der Waals surface area contributed by atoms with Gasteiger partial charge in [0.05, 0.1) is 28.0 Å². The molecule has 0 N–H and O–H groups in total. The summed E-state index contributed by atoms with van der Waals surface area (Å²) in [5, 5.41) is 4.15. The zero-order valence-electron chi connectivity index (χ0n) is 10.9. The van der Waals surface area contributed by atoms with E-state index in [1.165, 1.54) is 25.3 Å². The van der Waals surface area contributed by atoms with E-state index in [0.29, 0.717) is 5.56 Å². The van der Waals surface area contributed by atoms with Crippen LogP contribution in [-0.2, 0) is 9.84 Å². The lowest BCUT2D eigenvalue weighted by molar-refractivity contribution is 0.101. The van der Waals surface area contributed by atoms with Crippen LogP contribution in [0, 0.1) is 6.92 Å². The lowest BCUT2D eigenvalue weighted by Gasteiger charge is -2.06. The number of rotatable bonds is 3. The Hall–Kier alpha value is -1.95. The molecule has 0 amide bonds. The van der Waals surface area contributed by atoms with Crippen LogP contribution in [0.2, 0.25) is 0 Å². The van der Waals surface area contributed by atoms with Crippen molar-refractivity contribution in [2.24, 2.45) is 0 Å². The number of ketones is 1. The summed E-state index contributed by atoms with van der Waals surface area (Å²) >= 11 is 0. The molecule has 19 heavy (non-hydrogen) atoms. The summed E-state index contributed by atoms with van der Waals surface area (Å²) < 4.78 is 24.4. The predicted molar refractivity (Wildman–Crippen MR) is 71.4 cm³/mol. The van der Waals surface area contributed by atoms with Crippen molar-refractivity contribution in [3.63, 3.8) is 0 Å². The van der Waals surface area contributed by atoms with Crippen molar-refractivity contribution in [1.29, 1.82) is 0 Å². The highest BCUT2D eigenvalue weighted by Gasteiger charge is 2.12. The third-order valence-corrected chi connectivity index (χ3v) is 4.03. The number of sulfone groups is 1. The molecule has 0 atom stereocenters. The van der Waals surface area contributed by atoms with Crippen molar-refractivity contribution < 1.29 is 13.2 Å². The van der Waals surface area contributed by atoms with Crippen LogP contribution in [0.4, 0.5) is 0 Å². The van der Waals surface area contributed by atoms with Crippen LogP contribution in [0.3, 0.4) is 0 Å². The molecule has 0 radical (unpaired) electrons. The Labute approximate surface area is 111 Å². The molecule has 5 nitrogen and oxygen atoms in total. The predicted octanol–water partition coefficient (Wildman–Crippen LogP) is 1.79. The van der Waals surface area contributed by atoms with Gasteiger partial charge in [-0.15, -0.1) is 0 Å². The Morgan fingerprint density at radius 3 is 2.21 bits per heavy atom. The van der Waals surface area contributed by atoms with Gasteiger partial charge in [-0.25, -0.2) is 13.1 Å².